The zero-order valence-electron chi connectivity index (χ0n) is 13.5. The average molecular weight is 291 g/mol. The Balaban J connectivity index is 2.12. The minimum Gasteiger partial charge on any atom is -0.397 e. The third-order valence-electron chi connectivity index (χ3n) is 3.67. The second-order valence-electron chi connectivity index (χ2n) is 5.63. The van der Waals surface area contributed by atoms with Crippen molar-refractivity contribution in [3.63, 3.8) is 0 Å². The number of carbonyl (C=O) groups is 1. The van der Waals surface area contributed by atoms with E-state index in [4.69, 9.17) is 5.73 Å². The van der Waals surface area contributed by atoms with Crippen LogP contribution in [-0.2, 0) is 0 Å². The number of carbonyl (C=O) groups excluding carboxylic acids is 1. The molecule has 4 nitrogen and oxygen atoms in total. The fourth-order valence-electron chi connectivity index (χ4n) is 2.34. The van der Waals surface area contributed by atoms with E-state index in [0.717, 1.165) is 18.7 Å². The number of aryl methyl sites for hydroxylation is 1. The van der Waals surface area contributed by atoms with Crippen molar-refractivity contribution in [3.8, 4) is 0 Å². The summed E-state index contributed by atoms with van der Waals surface area (Å²) < 4.78 is 0. The van der Waals surface area contributed by atoms with Gasteiger partial charge in [-0.2, -0.15) is 0 Å². The van der Waals surface area contributed by atoms with Gasteiger partial charge in [-0.1, -0.05) is 51.9 Å². The molecule has 1 heterocycles. The molecule has 1 aromatic heterocycles. The molecule has 0 bridgehead atoms. The number of aromatic nitrogens is 1. The van der Waals surface area contributed by atoms with Crippen LogP contribution in [0.1, 0.15) is 74.3 Å². The van der Waals surface area contributed by atoms with Crippen molar-refractivity contribution in [1.29, 1.82) is 0 Å². The summed E-state index contributed by atoms with van der Waals surface area (Å²) in [6.45, 7) is 4.78. The Labute approximate surface area is 128 Å². The van der Waals surface area contributed by atoms with Crippen molar-refractivity contribution in [1.82, 2.24) is 10.3 Å². The van der Waals surface area contributed by atoms with Gasteiger partial charge in [0.25, 0.3) is 5.91 Å². The molecule has 1 amide bonds. The van der Waals surface area contributed by atoms with Gasteiger partial charge in [-0.3, -0.25) is 9.78 Å². The first-order chi connectivity index (χ1) is 10.1. The SMILES string of the molecule is CCCCCCCCCCNC(=O)c1cc(N)cnc1C. The standard InChI is InChI=1S/C17H29N3O/c1-3-4-5-6-7-8-9-10-11-19-17(21)16-12-15(18)13-20-14(16)2/h12-13H,3-11,18H2,1-2H3,(H,19,21). The van der Waals surface area contributed by atoms with Gasteiger partial charge in [0, 0.05) is 6.54 Å². The molecule has 1 aromatic rings. The summed E-state index contributed by atoms with van der Waals surface area (Å²) in [4.78, 5) is 16.1. The Hall–Kier alpha value is -1.58. The number of hydrogen-bond acceptors (Lipinski definition) is 3. The van der Waals surface area contributed by atoms with Crippen LogP contribution in [0.3, 0.4) is 0 Å². The lowest BCUT2D eigenvalue weighted by Gasteiger charge is -2.08. The largest absolute Gasteiger partial charge is 0.397 e. The van der Waals surface area contributed by atoms with Crippen LogP contribution in [0.15, 0.2) is 12.3 Å². The van der Waals surface area contributed by atoms with Crippen LogP contribution in [0, 0.1) is 6.92 Å². The number of rotatable bonds is 10. The molecule has 0 spiro atoms. The van der Waals surface area contributed by atoms with E-state index in [2.05, 4.69) is 17.2 Å². The van der Waals surface area contributed by atoms with Crippen molar-refractivity contribution < 1.29 is 4.79 Å². The molecule has 0 aliphatic rings. The molecule has 4 heteroatoms. The van der Waals surface area contributed by atoms with Crippen molar-refractivity contribution in [2.24, 2.45) is 0 Å². The van der Waals surface area contributed by atoms with Crippen molar-refractivity contribution in [3.05, 3.63) is 23.5 Å². The molecule has 0 aliphatic carbocycles. The zero-order chi connectivity index (χ0) is 15.5. The molecule has 0 radical (unpaired) electrons. The van der Waals surface area contributed by atoms with Crippen LogP contribution in [0.2, 0.25) is 0 Å². The van der Waals surface area contributed by atoms with Gasteiger partial charge < -0.3 is 11.1 Å². The number of anilines is 1. The summed E-state index contributed by atoms with van der Waals surface area (Å²) in [6.07, 6.45) is 11.7. The highest BCUT2D eigenvalue weighted by molar-refractivity contribution is 5.95. The van der Waals surface area contributed by atoms with Crippen LogP contribution in [0.5, 0.6) is 0 Å². The number of nitrogens with two attached hydrogens (primary N) is 1. The Morgan fingerprint density at radius 1 is 1.14 bits per heavy atom. The third kappa shape index (κ3) is 7.11. The van der Waals surface area contributed by atoms with E-state index in [-0.39, 0.29) is 5.91 Å². The molecule has 0 aromatic carbocycles. The van der Waals surface area contributed by atoms with E-state index in [0.29, 0.717) is 11.3 Å². The van der Waals surface area contributed by atoms with Crippen LogP contribution >= 0.6 is 0 Å². The molecule has 118 valence electrons. The molecule has 21 heavy (non-hydrogen) atoms. The number of nitrogens with one attached hydrogen (secondary N) is 1. The Bertz CT molecular complexity index is 432. The number of nitrogens with zero attached hydrogens (tertiary/aromatic N) is 1. The number of hydrogen-bond donors (Lipinski definition) is 2. The van der Waals surface area contributed by atoms with E-state index < -0.39 is 0 Å². The molecule has 0 saturated heterocycles. The predicted octanol–water partition coefficient (Wildman–Crippen LogP) is 3.84. The summed E-state index contributed by atoms with van der Waals surface area (Å²) in [5.74, 6) is -0.0738. The summed E-state index contributed by atoms with van der Waals surface area (Å²) in [6, 6.07) is 1.69. The second kappa shape index (κ2) is 10.2. The maximum absolute atomic E-state index is 12.0. The first kappa shape index (κ1) is 17.5. The zero-order valence-corrected chi connectivity index (χ0v) is 13.5. The highest BCUT2D eigenvalue weighted by Crippen LogP contribution is 2.10. The Kier molecular flexibility index (Phi) is 8.48. The normalized spacial score (nSPS) is 10.6. The Morgan fingerprint density at radius 3 is 2.43 bits per heavy atom. The Morgan fingerprint density at radius 2 is 1.76 bits per heavy atom. The lowest BCUT2D eigenvalue weighted by molar-refractivity contribution is 0.0952. The van der Waals surface area contributed by atoms with E-state index in [1.165, 1.54) is 44.9 Å². The van der Waals surface area contributed by atoms with Crippen molar-refractivity contribution in [2.45, 2.75) is 65.2 Å². The summed E-state index contributed by atoms with van der Waals surface area (Å²) in [7, 11) is 0. The van der Waals surface area contributed by atoms with E-state index in [9.17, 15) is 4.79 Å². The average Bonchev–Trinajstić information content (AvgIpc) is 2.48. The predicted molar refractivity (Wildman–Crippen MR) is 88.3 cm³/mol. The lowest BCUT2D eigenvalue weighted by atomic mass is 10.1. The van der Waals surface area contributed by atoms with Gasteiger partial charge in [0.2, 0.25) is 0 Å². The van der Waals surface area contributed by atoms with E-state index >= 15 is 0 Å². The van der Waals surface area contributed by atoms with Gasteiger partial charge in [-0.05, 0) is 19.4 Å². The quantitative estimate of drug-likeness (QED) is 0.643. The number of nitrogen functional groups attached to an aromatic ring is 1. The highest BCUT2D eigenvalue weighted by Gasteiger charge is 2.09. The first-order valence-electron chi connectivity index (χ1n) is 8.15. The van der Waals surface area contributed by atoms with Gasteiger partial charge in [0.15, 0.2) is 0 Å². The second-order valence-corrected chi connectivity index (χ2v) is 5.63. The molecule has 0 aliphatic heterocycles. The van der Waals surface area contributed by atoms with Gasteiger partial charge >= 0.3 is 0 Å². The summed E-state index contributed by atoms with van der Waals surface area (Å²) >= 11 is 0. The molecular weight excluding hydrogens is 262 g/mol. The van der Waals surface area contributed by atoms with Crippen LogP contribution in [0.25, 0.3) is 0 Å². The fourth-order valence-corrected chi connectivity index (χ4v) is 2.34. The maximum Gasteiger partial charge on any atom is 0.253 e. The molecule has 0 atom stereocenters. The van der Waals surface area contributed by atoms with Gasteiger partial charge in [0.1, 0.15) is 0 Å². The number of amides is 1. The number of pyridine rings is 1. The minimum atomic E-state index is -0.0738. The lowest BCUT2D eigenvalue weighted by Crippen LogP contribution is -2.25. The molecular formula is C17H29N3O. The minimum absolute atomic E-state index is 0.0738. The van der Waals surface area contributed by atoms with Crippen molar-refractivity contribution in [2.75, 3.05) is 12.3 Å². The maximum atomic E-state index is 12.0. The summed E-state index contributed by atoms with van der Waals surface area (Å²) in [5, 5.41) is 2.94. The molecule has 0 fully saturated rings. The van der Waals surface area contributed by atoms with Crippen LogP contribution in [-0.4, -0.2) is 17.4 Å². The molecule has 1 rings (SSSR count). The highest BCUT2D eigenvalue weighted by atomic mass is 16.1. The van der Waals surface area contributed by atoms with Crippen LogP contribution in [0.4, 0.5) is 5.69 Å². The van der Waals surface area contributed by atoms with E-state index in [1.54, 1.807) is 12.3 Å². The van der Waals surface area contributed by atoms with Gasteiger partial charge in [-0.25, -0.2) is 0 Å². The third-order valence-corrected chi connectivity index (χ3v) is 3.67. The van der Waals surface area contributed by atoms with Crippen molar-refractivity contribution >= 4 is 11.6 Å². The van der Waals surface area contributed by atoms with Crippen LogP contribution < -0.4 is 11.1 Å². The van der Waals surface area contributed by atoms with E-state index in [1.807, 2.05) is 6.92 Å². The number of unbranched alkanes of at least 4 members (excludes halogenated alkanes) is 7. The monoisotopic (exact) mass is 291 g/mol. The fraction of sp³-hybridized carbons (Fsp3) is 0.647. The first-order valence-corrected chi connectivity index (χ1v) is 8.15. The van der Waals surface area contributed by atoms with Gasteiger partial charge in [0.05, 0.1) is 23.1 Å². The molecule has 3 N–H and O–H groups in total. The topological polar surface area (TPSA) is 68.0 Å². The molecule has 0 saturated carbocycles. The molecule has 0 unspecified atom stereocenters. The summed E-state index contributed by atoms with van der Waals surface area (Å²) in [5.41, 5.74) is 7.49. The van der Waals surface area contributed by atoms with Gasteiger partial charge in [-0.15, -0.1) is 0 Å². The smallest absolute Gasteiger partial charge is 0.253 e.